The summed E-state index contributed by atoms with van der Waals surface area (Å²) >= 11 is 0. The number of phenolic OH excluding ortho intramolecular Hbond substituents is 1. The molecule has 3 nitrogen and oxygen atoms in total. The lowest BCUT2D eigenvalue weighted by Crippen LogP contribution is -2.37. The number of allylic oxidation sites excluding steroid dienone is 2. The minimum absolute atomic E-state index is 0.122. The Kier molecular flexibility index (Phi) is 3.05. The highest BCUT2D eigenvalue weighted by Gasteiger charge is 2.41. The van der Waals surface area contributed by atoms with Crippen molar-refractivity contribution in [1.29, 1.82) is 0 Å². The molecule has 0 heterocycles. The van der Waals surface area contributed by atoms with E-state index >= 15 is 0 Å². The summed E-state index contributed by atoms with van der Waals surface area (Å²) in [6.45, 7) is 2.62. The van der Waals surface area contributed by atoms with Gasteiger partial charge in [-0.05, 0) is 43.7 Å². The zero-order chi connectivity index (χ0) is 13.4. The molecule has 1 N–H and O–H groups in total. The molecule has 1 saturated carbocycles. The first kappa shape index (κ1) is 12.3. The highest BCUT2D eigenvalue weighted by Crippen LogP contribution is 2.44. The molecule has 2 aliphatic rings. The van der Waals surface area contributed by atoms with Gasteiger partial charge in [0, 0.05) is 24.2 Å². The van der Waals surface area contributed by atoms with Gasteiger partial charge >= 0.3 is 0 Å². The van der Waals surface area contributed by atoms with Crippen molar-refractivity contribution in [3.63, 3.8) is 0 Å². The van der Waals surface area contributed by atoms with E-state index in [9.17, 15) is 9.90 Å². The number of rotatable bonds is 3. The molecule has 0 spiro atoms. The average Bonchev–Trinajstić information content (AvgIpc) is 3.02. The number of anilines is 1. The van der Waals surface area contributed by atoms with Gasteiger partial charge in [-0.3, -0.25) is 4.79 Å². The molecule has 100 valence electrons. The fourth-order valence-electron chi connectivity index (χ4n) is 3.39. The lowest BCUT2D eigenvalue weighted by molar-refractivity contribution is -0.123. The van der Waals surface area contributed by atoms with Gasteiger partial charge in [0.05, 0.1) is 0 Å². The maximum atomic E-state index is 12.7. The van der Waals surface area contributed by atoms with Crippen LogP contribution < -0.4 is 4.90 Å². The third-order valence-electron chi connectivity index (χ3n) is 4.32. The molecule has 2 aliphatic carbocycles. The Morgan fingerprint density at radius 2 is 2.21 bits per heavy atom. The van der Waals surface area contributed by atoms with Gasteiger partial charge < -0.3 is 10.0 Å². The summed E-state index contributed by atoms with van der Waals surface area (Å²) in [5.41, 5.74) is 0.791. The highest BCUT2D eigenvalue weighted by atomic mass is 16.3. The van der Waals surface area contributed by atoms with Crippen molar-refractivity contribution < 1.29 is 9.90 Å². The first-order valence-electron chi connectivity index (χ1n) is 6.97. The fourth-order valence-corrected chi connectivity index (χ4v) is 3.39. The van der Waals surface area contributed by atoms with Gasteiger partial charge in [-0.25, -0.2) is 0 Å². The molecule has 3 heteroatoms. The summed E-state index contributed by atoms with van der Waals surface area (Å²) in [5.74, 6) is 1.55. The molecule has 0 aliphatic heterocycles. The summed E-state index contributed by atoms with van der Waals surface area (Å²) in [6, 6.07) is 6.94. The van der Waals surface area contributed by atoms with E-state index < -0.39 is 0 Å². The van der Waals surface area contributed by atoms with Gasteiger partial charge in [-0.15, -0.1) is 0 Å². The van der Waals surface area contributed by atoms with Crippen molar-refractivity contribution in [2.45, 2.75) is 19.8 Å². The van der Waals surface area contributed by atoms with E-state index in [1.807, 2.05) is 13.0 Å². The number of fused-ring (bicyclic) bond motifs is 2. The van der Waals surface area contributed by atoms with Crippen molar-refractivity contribution in [1.82, 2.24) is 0 Å². The number of carbonyl (C=O) groups is 1. The second-order valence-electron chi connectivity index (χ2n) is 5.49. The van der Waals surface area contributed by atoms with Gasteiger partial charge in [-0.2, -0.15) is 0 Å². The minimum atomic E-state index is 0.122. The number of nitrogens with zero attached hydrogens (tertiary/aromatic N) is 1. The lowest BCUT2D eigenvalue weighted by Gasteiger charge is -2.27. The van der Waals surface area contributed by atoms with Crippen LogP contribution >= 0.6 is 0 Å². The largest absolute Gasteiger partial charge is 0.508 e. The van der Waals surface area contributed by atoms with Gasteiger partial charge in [-0.1, -0.05) is 18.2 Å². The molecule has 1 aromatic rings. The monoisotopic (exact) mass is 257 g/mol. The molecule has 1 amide bonds. The van der Waals surface area contributed by atoms with Crippen LogP contribution in [0.25, 0.3) is 0 Å². The van der Waals surface area contributed by atoms with Crippen LogP contribution in [0.3, 0.4) is 0 Å². The molecular formula is C16H19NO2. The Morgan fingerprint density at radius 1 is 1.37 bits per heavy atom. The van der Waals surface area contributed by atoms with Crippen molar-refractivity contribution >= 4 is 11.6 Å². The third kappa shape index (κ3) is 2.14. The van der Waals surface area contributed by atoms with Crippen molar-refractivity contribution in [3.8, 4) is 5.75 Å². The molecule has 0 aromatic heterocycles. The van der Waals surface area contributed by atoms with Gasteiger partial charge in [0.2, 0.25) is 5.91 Å². The number of hydrogen-bond acceptors (Lipinski definition) is 2. The normalized spacial score (nSPS) is 27.7. The molecule has 3 rings (SSSR count). The van der Waals surface area contributed by atoms with Crippen LogP contribution in [0.15, 0.2) is 36.4 Å². The van der Waals surface area contributed by atoms with E-state index in [-0.39, 0.29) is 17.6 Å². The molecule has 0 saturated heterocycles. The third-order valence-corrected chi connectivity index (χ3v) is 4.32. The Balaban J connectivity index is 1.82. The first-order valence-corrected chi connectivity index (χ1v) is 6.97. The zero-order valence-corrected chi connectivity index (χ0v) is 11.1. The van der Waals surface area contributed by atoms with Gasteiger partial charge in [0.25, 0.3) is 0 Å². The van der Waals surface area contributed by atoms with Crippen LogP contribution in [0.1, 0.15) is 19.8 Å². The molecular weight excluding hydrogens is 238 g/mol. The topological polar surface area (TPSA) is 40.5 Å². The standard InChI is InChI=1S/C16H19NO2/c1-2-17(13-4-3-5-14(18)10-13)16(19)15-9-11-6-7-12(15)8-11/h3-7,10-12,15,18H,2,8-9H2,1H3. The molecule has 3 unspecified atom stereocenters. The molecule has 19 heavy (non-hydrogen) atoms. The predicted octanol–water partition coefficient (Wildman–Crippen LogP) is 2.96. The smallest absolute Gasteiger partial charge is 0.230 e. The van der Waals surface area contributed by atoms with Crippen molar-refractivity contribution in [2.75, 3.05) is 11.4 Å². The second kappa shape index (κ2) is 4.72. The fraction of sp³-hybridized carbons (Fsp3) is 0.438. The van der Waals surface area contributed by atoms with Crippen LogP contribution in [-0.2, 0) is 4.79 Å². The SMILES string of the molecule is CCN(C(=O)C1CC2C=CC1C2)c1cccc(O)c1. The lowest BCUT2D eigenvalue weighted by atomic mass is 9.92. The summed E-state index contributed by atoms with van der Waals surface area (Å²) in [7, 11) is 0. The van der Waals surface area contributed by atoms with E-state index in [0.29, 0.717) is 18.4 Å². The Labute approximate surface area is 113 Å². The number of benzene rings is 1. The van der Waals surface area contributed by atoms with E-state index in [4.69, 9.17) is 0 Å². The number of amides is 1. The molecule has 2 bridgehead atoms. The number of phenols is 1. The van der Waals surface area contributed by atoms with Gasteiger partial charge in [0.15, 0.2) is 0 Å². The van der Waals surface area contributed by atoms with E-state index in [1.54, 1.807) is 23.1 Å². The van der Waals surface area contributed by atoms with Crippen LogP contribution in [0.5, 0.6) is 5.75 Å². The maximum absolute atomic E-state index is 12.7. The van der Waals surface area contributed by atoms with Crippen molar-refractivity contribution in [3.05, 3.63) is 36.4 Å². The predicted molar refractivity (Wildman–Crippen MR) is 75.0 cm³/mol. The minimum Gasteiger partial charge on any atom is -0.508 e. The molecule has 0 radical (unpaired) electrons. The highest BCUT2D eigenvalue weighted by molar-refractivity contribution is 5.95. The van der Waals surface area contributed by atoms with Gasteiger partial charge in [0.1, 0.15) is 5.75 Å². The number of aromatic hydroxyl groups is 1. The molecule has 1 aromatic carbocycles. The van der Waals surface area contributed by atoms with E-state index in [1.165, 1.54) is 0 Å². The Hall–Kier alpha value is -1.77. The number of hydrogen-bond donors (Lipinski definition) is 1. The maximum Gasteiger partial charge on any atom is 0.230 e. The summed E-state index contributed by atoms with van der Waals surface area (Å²) in [6.07, 6.45) is 6.56. The average molecular weight is 257 g/mol. The van der Waals surface area contributed by atoms with E-state index in [0.717, 1.165) is 18.5 Å². The number of carbonyl (C=O) groups excluding carboxylic acids is 1. The Bertz CT molecular complexity index is 523. The summed E-state index contributed by atoms with van der Waals surface area (Å²) < 4.78 is 0. The van der Waals surface area contributed by atoms with Crippen LogP contribution in [0.4, 0.5) is 5.69 Å². The second-order valence-corrected chi connectivity index (χ2v) is 5.49. The van der Waals surface area contributed by atoms with Crippen molar-refractivity contribution in [2.24, 2.45) is 17.8 Å². The van der Waals surface area contributed by atoms with Crippen LogP contribution in [-0.4, -0.2) is 17.6 Å². The summed E-state index contributed by atoms with van der Waals surface area (Å²) in [4.78, 5) is 14.5. The van der Waals surface area contributed by atoms with E-state index in [2.05, 4.69) is 12.2 Å². The summed E-state index contributed by atoms with van der Waals surface area (Å²) in [5, 5.41) is 9.56. The molecule has 3 atom stereocenters. The molecule has 1 fully saturated rings. The quantitative estimate of drug-likeness (QED) is 0.846. The zero-order valence-electron chi connectivity index (χ0n) is 11.1. The first-order chi connectivity index (χ1) is 9.19. The van der Waals surface area contributed by atoms with Crippen LogP contribution in [0, 0.1) is 17.8 Å². The van der Waals surface area contributed by atoms with Crippen LogP contribution in [0.2, 0.25) is 0 Å². The Morgan fingerprint density at radius 3 is 2.79 bits per heavy atom.